The lowest BCUT2D eigenvalue weighted by Crippen LogP contribution is -2.51. The van der Waals surface area contributed by atoms with E-state index in [0.29, 0.717) is 6.42 Å². The Morgan fingerprint density at radius 3 is 2.43 bits per heavy atom. The van der Waals surface area contributed by atoms with Crippen LogP contribution < -0.4 is 15.4 Å². The van der Waals surface area contributed by atoms with Crippen molar-refractivity contribution in [3.05, 3.63) is 24.3 Å². The molecule has 1 heterocycles. The maximum atomic E-state index is 12.2. The summed E-state index contributed by atoms with van der Waals surface area (Å²) >= 11 is 0. The molecular weight excluding hydrogens is 266 g/mol. The molecule has 0 unspecified atom stereocenters. The Balaban J connectivity index is 1.96. The van der Waals surface area contributed by atoms with Crippen LogP contribution in [0.5, 0.6) is 5.75 Å². The van der Waals surface area contributed by atoms with Crippen molar-refractivity contribution in [1.82, 2.24) is 4.90 Å². The van der Waals surface area contributed by atoms with Crippen LogP contribution in [-0.2, 0) is 4.79 Å². The summed E-state index contributed by atoms with van der Waals surface area (Å²) in [6.07, 6.45) is 0.391. The summed E-state index contributed by atoms with van der Waals surface area (Å²) < 4.78 is 5.40. The van der Waals surface area contributed by atoms with Gasteiger partial charge in [0.25, 0.3) is 0 Å². The van der Waals surface area contributed by atoms with Gasteiger partial charge in [-0.25, -0.2) is 0 Å². The van der Waals surface area contributed by atoms with Crippen molar-refractivity contribution in [3.63, 3.8) is 0 Å². The second-order valence-corrected chi connectivity index (χ2v) is 6.21. The van der Waals surface area contributed by atoms with Gasteiger partial charge in [-0.3, -0.25) is 4.79 Å². The third-order valence-corrected chi connectivity index (χ3v) is 3.67. The number of carbonyl (C=O) groups is 1. The molecule has 1 amide bonds. The Morgan fingerprint density at radius 2 is 1.86 bits per heavy atom. The minimum absolute atomic E-state index is 0.141. The fraction of sp³-hybridized carbons (Fsp3) is 0.562. The number of para-hydroxylation sites is 2. The Labute approximate surface area is 126 Å². The SMILES string of the molecule is COc1ccccc1N1CCN(C(=O)CC(C)(C)N)CC1. The number of anilines is 1. The van der Waals surface area contributed by atoms with Crippen molar-refractivity contribution >= 4 is 11.6 Å². The van der Waals surface area contributed by atoms with Crippen molar-refractivity contribution in [3.8, 4) is 5.75 Å². The number of methoxy groups -OCH3 is 1. The molecule has 1 aliphatic rings. The number of rotatable bonds is 4. The number of hydrogen-bond donors (Lipinski definition) is 1. The number of ether oxygens (including phenoxy) is 1. The molecule has 5 heteroatoms. The van der Waals surface area contributed by atoms with Gasteiger partial charge in [-0.15, -0.1) is 0 Å². The van der Waals surface area contributed by atoms with Crippen molar-refractivity contribution in [2.24, 2.45) is 5.73 Å². The first-order valence-electron chi connectivity index (χ1n) is 7.35. The van der Waals surface area contributed by atoms with E-state index in [1.165, 1.54) is 0 Å². The van der Waals surface area contributed by atoms with E-state index < -0.39 is 5.54 Å². The van der Waals surface area contributed by atoms with Gasteiger partial charge in [-0.05, 0) is 26.0 Å². The van der Waals surface area contributed by atoms with Crippen molar-refractivity contribution in [2.45, 2.75) is 25.8 Å². The maximum Gasteiger partial charge on any atom is 0.224 e. The van der Waals surface area contributed by atoms with E-state index in [1.807, 2.05) is 36.9 Å². The van der Waals surface area contributed by atoms with Crippen molar-refractivity contribution in [1.29, 1.82) is 0 Å². The predicted octanol–water partition coefficient (Wildman–Crippen LogP) is 1.47. The number of nitrogens with zero attached hydrogens (tertiary/aromatic N) is 2. The van der Waals surface area contributed by atoms with Gasteiger partial charge in [0.2, 0.25) is 5.91 Å². The third kappa shape index (κ3) is 4.11. The summed E-state index contributed by atoms with van der Waals surface area (Å²) in [5, 5.41) is 0. The molecule has 0 radical (unpaired) electrons. The topological polar surface area (TPSA) is 58.8 Å². The van der Waals surface area contributed by atoms with Crippen molar-refractivity contribution < 1.29 is 9.53 Å². The van der Waals surface area contributed by atoms with Crippen LogP contribution in [0.1, 0.15) is 20.3 Å². The highest BCUT2D eigenvalue weighted by molar-refractivity contribution is 5.77. The molecule has 0 spiro atoms. The van der Waals surface area contributed by atoms with Gasteiger partial charge in [0, 0.05) is 38.1 Å². The Kier molecular flexibility index (Phi) is 4.73. The smallest absolute Gasteiger partial charge is 0.224 e. The molecule has 0 saturated carbocycles. The molecular formula is C16H25N3O2. The molecule has 1 aromatic carbocycles. The molecule has 2 N–H and O–H groups in total. The largest absolute Gasteiger partial charge is 0.495 e. The molecule has 1 aliphatic heterocycles. The summed E-state index contributed by atoms with van der Waals surface area (Å²) in [5.41, 5.74) is 6.57. The lowest BCUT2D eigenvalue weighted by atomic mass is 10.0. The fourth-order valence-corrected chi connectivity index (χ4v) is 2.59. The summed E-state index contributed by atoms with van der Waals surface area (Å²) in [4.78, 5) is 16.3. The van der Waals surface area contributed by atoms with E-state index >= 15 is 0 Å². The van der Waals surface area contributed by atoms with Crippen LogP contribution in [0.4, 0.5) is 5.69 Å². The monoisotopic (exact) mass is 291 g/mol. The lowest BCUT2D eigenvalue weighted by Gasteiger charge is -2.37. The fourth-order valence-electron chi connectivity index (χ4n) is 2.59. The Hall–Kier alpha value is -1.75. The Morgan fingerprint density at radius 1 is 1.24 bits per heavy atom. The third-order valence-electron chi connectivity index (χ3n) is 3.67. The molecule has 1 fully saturated rings. The van der Waals surface area contributed by atoms with Crippen LogP contribution in [0.3, 0.4) is 0 Å². The average Bonchev–Trinajstić information content (AvgIpc) is 2.45. The molecule has 116 valence electrons. The zero-order valence-electron chi connectivity index (χ0n) is 13.1. The highest BCUT2D eigenvalue weighted by Gasteiger charge is 2.25. The van der Waals surface area contributed by atoms with E-state index in [0.717, 1.165) is 37.6 Å². The molecule has 2 rings (SSSR count). The summed E-state index contributed by atoms with van der Waals surface area (Å²) in [7, 11) is 1.68. The number of carbonyl (C=O) groups excluding carboxylic acids is 1. The zero-order valence-corrected chi connectivity index (χ0v) is 13.1. The first-order valence-corrected chi connectivity index (χ1v) is 7.35. The highest BCUT2D eigenvalue weighted by Crippen LogP contribution is 2.28. The Bertz CT molecular complexity index is 489. The number of nitrogens with two attached hydrogens (primary N) is 1. The van der Waals surface area contributed by atoms with Crippen LogP contribution in [-0.4, -0.2) is 49.6 Å². The van der Waals surface area contributed by atoms with E-state index in [2.05, 4.69) is 11.0 Å². The minimum Gasteiger partial charge on any atom is -0.495 e. The molecule has 21 heavy (non-hydrogen) atoms. The van der Waals surface area contributed by atoms with E-state index in [4.69, 9.17) is 10.5 Å². The van der Waals surface area contributed by atoms with Gasteiger partial charge in [0.05, 0.1) is 12.8 Å². The van der Waals surface area contributed by atoms with Crippen LogP contribution >= 0.6 is 0 Å². The average molecular weight is 291 g/mol. The quantitative estimate of drug-likeness (QED) is 0.912. The van der Waals surface area contributed by atoms with Gasteiger partial charge in [0.15, 0.2) is 0 Å². The number of hydrogen-bond acceptors (Lipinski definition) is 4. The molecule has 0 aliphatic carbocycles. The van der Waals surface area contributed by atoms with Crippen molar-refractivity contribution in [2.75, 3.05) is 38.2 Å². The highest BCUT2D eigenvalue weighted by atomic mass is 16.5. The number of piperazine rings is 1. The van der Waals surface area contributed by atoms with Gasteiger partial charge < -0.3 is 20.3 Å². The maximum absolute atomic E-state index is 12.2. The summed E-state index contributed by atoms with van der Waals surface area (Å²) in [5.74, 6) is 1.02. The van der Waals surface area contributed by atoms with E-state index in [9.17, 15) is 4.79 Å². The predicted molar refractivity (Wildman–Crippen MR) is 84.7 cm³/mol. The van der Waals surface area contributed by atoms with Crippen LogP contribution in [0, 0.1) is 0 Å². The van der Waals surface area contributed by atoms with Crippen LogP contribution in [0.15, 0.2) is 24.3 Å². The second kappa shape index (κ2) is 6.35. The van der Waals surface area contributed by atoms with Crippen LogP contribution in [0.2, 0.25) is 0 Å². The first-order chi connectivity index (χ1) is 9.90. The molecule has 5 nitrogen and oxygen atoms in total. The minimum atomic E-state index is -0.448. The molecule has 0 aromatic heterocycles. The van der Waals surface area contributed by atoms with Gasteiger partial charge in [-0.1, -0.05) is 12.1 Å². The lowest BCUT2D eigenvalue weighted by molar-refractivity contribution is -0.132. The second-order valence-electron chi connectivity index (χ2n) is 6.21. The zero-order chi connectivity index (χ0) is 15.5. The normalized spacial score (nSPS) is 16.0. The summed E-state index contributed by atoms with van der Waals surface area (Å²) in [6.45, 7) is 6.86. The number of benzene rings is 1. The molecule has 0 atom stereocenters. The number of amides is 1. The van der Waals surface area contributed by atoms with Gasteiger partial charge in [-0.2, -0.15) is 0 Å². The molecule has 0 bridgehead atoms. The standard InChI is InChI=1S/C16H25N3O2/c1-16(2,17)12-15(20)19-10-8-18(9-11-19)13-6-4-5-7-14(13)21-3/h4-7H,8-12,17H2,1-3H3. The molecule has 1 aromatic rings. The first kappa shape index (κ1) is 15.6. The van der Waals surface area contributed by atoms with Gasteiger partial charge in [0.1, 0.15) is 5.75 Å². The van der Waals surface area contributed by atoms with E-state index in [1.54, 1.807) is 7.11 Å². The molecule has 1 saturated heterocycles. The van der Waals surface area contributed by atoms with Crippen LogP contribution in [0.25, 0.3) is 0 Å². The van der Waals surface area contributed by atoms with Gasteiger partial charge >= 0.3 is 0 Å². The summed E-state index contributed by atoms with van der Waals surface area (Å²) in [6, 6.07) is 7.99. The van der Waals surface area contributed by atoms with E-state index in [-0.39, 0.29) is 5.91 Å².